The number of carboxylic acid groups (broad SMARTS) is 1. The number of carbonyl (C=O) groups excluding carboxylic acids is 2. The smallest absolute Gasteiger partial charge is 0.301 e. The molecule has 2 aliphatic heterocycles. The Kier molecular flexibility index (Phi) is 7.86. The summed E-state index contributed by atoms with van der Waals surface area (Å²) in [5.41, 5.74) is 3.75. The van der Waals surface area contributed by atoms with Crippen LogP contribution in [0, 0.1) is 13.8 Å². The molecule has 1 unspecified atom stereocenters. The van der Waals surface area contributed by atoms with Crippen LogP contribution in [0.1, 0.15) is 35.2 Å². The van der Waals surface area contributed by atoms with Crippen molar-refractivity contribution in [2.45, 2.75) is 26.8 Å². The zero-order valence-electron chi connectivity index (χ0n) is 23.3. The summed E-state index contributed by atoms with van der Waals surface area (Å²) in [5.74, 6) is -1.11. The molecule has 4 aromatic rings. The number of hydrogen-bond acceptors (Lipinski definition) is 9. The van der Waals surface area contributed by atoms with Gasteiger partial charge in [0.1, 0.15) is 24.7 Å². The molecule has 3 heterocycles. The van der Waals surface area contributed by atoms with Gasteiger partial charge in [0.05, 0.1) is 28.9 Å². The van der Waals surface area contributed by atoms with E-state index in [9.17, 15) is 14.7 Å². The SMILES string of the molecule is CC(=O)O.COc1cccc(C2/C(=C(\O)c3ccc4c(c3)OCCO4)C(=O)C(=O)N2c2nc3c(C)cc(C)cc3s2)c1. The quantitative estimate of drug-likeness (QED) is 0.182. The van der Waals surface area contributed by atoms with Gasteiger partial charge in [0.15, 0.2) is 16.6 Å². The number of aliphatic hydroxyl groups is 1. The number of aliphatic hydroxyl groups excluding tert-OH is 1. The molecule has 1 atom stereocenters. The first-order valence-corrected chi connectivity index (χ1v) is 13.8. The number of anilines is 1. The van der Waals surface area contributed by atoms with Crippen molar-refractivity contribution in [1.29, 1.82) is 0 Å². The van der Waals surface area contributed by atoms with Crippen molar-refractivity contribution in [3.63, 3.8) is 0 Å². The lowest BCUT2D eigenvalue weighted by Crippen LogP contribution is -2.29. The van der Waals surface area contributed by atoms with Gasteiger partial charge in [-0.1, -0.05) is 29.5 Å². The van der Waals surface area contributed by atoms with Crippen molar-refractivity contribution in [2.24, 2.45) is 0 Å². The van der Waals surface area contributed by atoms with Gasteiger partial charge in [-0.3, -0.25) is 19.3 Å². The van der Waals surface area contributed by atoms with E-state index in [1.165, 1.54) is 16.2 Å². The van der Waals surface area contributed by atoms with Crippen molar-refractivity contribution in [3.05, 3.63) is 82.4 Å². The highest BCUT2D eigenvalue weighted by molar-refractivity contribution is 7.22. The number of aromatic nitrogens is 1. The second kappa shape index (κ2) is 11.5. The molecule has 1 saturated heterocycles. The van der Waals surface area contributed by atoms with Crippen molar-refractivity contribution in [2.75, 3.05) is 25.2 Å². The van der Waals surface area contributed by atoms with Crippen LogP contribution >= 0.6 is 11.3 Å². The minimum atomic E-state index is -0.916. The van der Waals surface area contributed by atoms with Gasteiger partial charge < -0.3 is 24.4 Å². The highest BCUT2D eigenvalue weighted by Gasteiger charge is 2.48. The Labute approximate surface area is 245 Å². The number of aliphatic carboxylic acids is 1. The number of ether oxygens (including phenoxy) is 3. The standard InChI is InChI=1S/C29H24N2O6S.C2H4O2/c1-15-11-16(2)24-22(12-15)38-29(30-24)31-25(17-5-4-6-19(13-17)35-3)23(27(33)28(31)34)26(32)18-7-8-20-21(14-18)37-10-9-36-20;1-2(3)4/h4-8,11-14,25,32H,9-10H2,1-3H3;1H3,(H,3,4)/b26-23+;. The maximum Gasteiger partial charge on any atom is 0.301 e. The van der Waals surface area contributed by atoms with E-state index in [1.807, 2.05) is 26.0 Å². The number of rotatable bonds is 4. The topological polar surface area (TPSA) is 135 Å². The molecule has 0 radical (unpaired) electrons. The van der Waals surface area contributed by atoms with E-state index in [1.54, 1.807) is 49.6 Å². The number of amides is 1. The molecule has 3 aromatic carbocycles. The summed E-state index contributed by atoms with van der Waals surface area (Å²) in [5, 5.41) is 19.3. The average molecular weight is 589 g/mol. The molecule has 0 saturated carbocycles. The minimum absolute atomic E-state index is 0.0351. The lowest BCUT2D eigenvalue weighted by molar-refractivity contribution is -0.134. The molecule has 6 rings (SSSR count). The predicted octanol–water partition coefficient (Wildman–Crippen LogP) is 5.41. The van der Waals surface area contributed by atoms with Gasteiger partial charge in [-0.05, 0) is 66.9 Å². The summed E-state index contributed by atoms with van der Waals surface area (Å²) in [7, 11) is 1.55. The van der Waals surface area contributed by atoms with Crippen LogP contribution in [0.5, 0.6) is 17.2 Å². The molecule has 2 N–H and O–H groups in total. The van der Waals surface area contributed by atoms with Gasteiger partial charge >= 0.3 is 5.91 Å². The number of methoxy groups -OCH3 is 1. The first-order chi connectivity index (χ1) is 20.1. The van der Waals surface area contributed by atoms with Crippen LogP contribution in [-0.4, -0.2) is 53.2 Å². The van der Waals surface area contributed by atoms with E-state index in [-0.39, 0.29) is 11.3 Å². The van der Waals surface area contributed by atoms with Crippen LogP contribution < -0.4 is 19.1 Å². The molecule has 216 valence electrons. The third kappa shape index (κ3) is 5.38. The molecular weight excluding hydrogens is 560 g/mol. The highest BCUT2D eigenvalue weighted by Crippen LogP contribution is 2.46. The van der Waals surface area contributed by atoms with E-state index < -0.39 is 23.7 Å². The van der Waals surface area contributed by atoms with E-state index in [2.05, 4.69) is 0 Å². The Hall–Kier alpha value is -4.90. The van der Waals surface area contributed by atoms with E-state index >= 15 is 0 Å². The number of aryl methyl sites for hydroxylation is 2. The largest absolute Gasteiger partial charge is 0.507 e. The third-order valence-electron chi connectivity index (χ3n) is 6.69. The predicted molar refractivity (Wildman–Crippen MR) is 158 cm³/mol. The van der Waals surface area contributed by atoms with Gasteiger partial charge in [-0.2, -0.15) is 0 Å². The lowest BCUT2D eigenvalue weighted by atomic mass is 9.95. The number of nitrogens with zero attached hydrogens (tertiary/aromatic N) is 2. The monoisotopic (exact) mass is 588 g/mol. The second-order valence-corrected chi connectivity index (χ2v) is 10.8. The van der Waals surface area contributed by atoms with Crippen LogP contribution in [0.15, 0.2) is 60.2 Å². The number of thiazole rings is 1. The maximum atomic E-state index is 13.6. The van der Waals surface area contributed by atoms with Crippen LogP contribution in [0.4, 0.5) is 5.13 Å². The number of hydrogen-bond donors (Lipinski definition) is 2. The number of fused-ring (bicyclic) bond motifs is 2. The summed E-state index contributed by atoms with van der Waals surface area (Å²) < 4.78 is 17.6. The number of carboxylic acids is 1. The van der Waals surface area contributed by atoms with Crippen LogP contribution in [0.2, 0.25) is 0 Å². The van der Waals surface area contributed by atoms with E-state index in [0.717, 1.165) is 28.3 Å². The summed E-state index contributed by atoms with van der Waals surface area (Å²) in [4.78, 5) is 42.3. The van der Waals surface area contributed by atoms with Crippen LogP contribution in [-0.2, 0) is 14.4 Å². The van der Waals surface area contributed by atoms with E-state index in [0.29, 0.717) is 46.7 Å². The molecular formula is C31H28N2O8S. The zero-order valence-corrected chi connectivity index (χ0v) is 24.2. The highest BCUT2D eigenvalue weighted by atomic mass is 32.1. The van der Waals surface area contributed by atoms with Crippen molar-refractivity contribution in [1.82, 2.24) is 4.98 Å². The summed E-state index contributed by atoms with van der Waals surface area (Å²) in [6, 6.07) is 15.2. The fourth-order valence-corrected chi connectivity index (χ4v) is 6.13. The van der Waals surface area contributed by atoms with Crippen molar-refractivity contribution in [3.8, 4) is 17.2 Å². The normalized spacial score (nSPS) is 17.1. The maximum absolute atomic E-state index is 13.6. The lowest BCUT2D eigenvalue weighted by Gasteiger charge is -2.23. The summed E-state index contributed by atoms with van der Waals surface area (Å²) in [6.45, 7) is 5.86. The fourth-order valence-electron chi connectivity index (χ4n) is 4.96. The Morgan fingerprint density at radius 2 is 1.74 bits per heavy atom. The van der Waals surface area contributed by atoms with Gasteiger partial charge in [0.25, 0.3) is 11.8 Å². The average Bonchev–Trinajstić information content (AvgIpc) is 3.50. The molecule has 11 heteroatoms. The molecule has 2 aliphatic rings. The Balaban J connectivity index is 0.000000830. The number of benzene rings is 3. The number of Topliss-reactive ketones (excluding diaryl/α,β-unsaturated/α-hetero) is 1. The summed E-state index contributed by atoms with van der Waals surface area (Å²) >= 11 is 1.33. The Morgan fingerprint density at radius 3 is 2.45 bits per heavy atom. The van der Waals surface area contributed by atoms with Crippen molar-refractivity contribution < 1.29 is 38.8 Å². The number of carbonyl (C=O) groups is 3. The second-order valence-electron chi connectivity index (χ2n) is 9.75. The molecule has 10 nitrogen and oxygen atoms in total. The van der Waals surface area contributed by atoms with E-state index in [4.69, 9.17) is 29.1 Å². The van der Waals surface area contributed by atoms with Gasteiger partial charge in [0.2, 0.25) is 0 Å². The first-order valence-electron chi connectivity index (χ1n) is 13.0. The fraction of sp³-hybridized carbons (Fsp3) is 0.226. The molecule has 0 aliphatic carbocycles. The number of ketones is 1. The third-order valence-corrected chi connectivity index (χ3v) is 7.70. The van der Waals surface area contributed by atoms with Gasteiger partial charge in [0, 0.05) is 12.5 Å². The first kappa shape index (κ1) is 28.6. The van der Waals surface area contributed by atoms with Crippen LogP contribution in [0.3, 0.4) is 0 Å². The van der Waals surface area contributed by atoms with Crippen molar-refractivity contribution >= 4 is 50.1 Å². The Morgan fingerprint density at radius 1 is 1.02 bits per heavy atom. The molecule has 1 aromatic heterocycles. The van der Waals surface area contributed by atoms with Gasteiger partial charge in [-0.15, -0.1) is 0 Å². The molecule has 42 heavy (non-hydrogen) atoms. The van der Waals surface area contributed by atoms with Crippen LogP contribution in [0.25, 0.3) is 16.0 Å². The molecule has 0 spiro atoms. The summed E-state index contributed by atoms with van der Waals surface area (Å²) in [6.07, 6.45) is 0. The Bertz CT molecular complexity index is 1760. The molecule has 1 amide bonds. The zero-order chi connectivity index (χ0) is 30.1. The minimum Gasteiger partial charge on any atom is -0.507 e. The van der Waals surface area contributed by atoms with Gasteiger partial charge in [-0.25, -0.2) is 4.98 Å². The molecule has 0 bridgehead atoms. The molecule has 1 fully saturated rings.